The van der Waals surface area contributed by atoms with Gasteiger partial charge in [0.1, 0.15) is 5.75 Å². The predicted octanol–water partition coefficient (Wildman–Crippen LogP) is 4.40. The van der Waals surface area contributed by atoms with E-state index in [1.54, 1.807) is 7.11 Å². The van der Waals surface area contributed by atoms with E-state index in [0.29, 0.717) is 10.1 Å². The lowest BCUT2D eigenvalue weighted by atomic mass is 10.1. The summed E-state index contributed by atoms with van der Waals surface area (Å²) in [6.45, 7) is 2.04. The van der Waals surface area contributed by atoms with Gasteiger partial charge in [0.15, 0.2) is 5.11 Å². The Balaban J connectivity index is 2.00. The summed E-state index contributed by atoms with van der Waals surface area (Å²) in [5, 5.41) is 7.62. The van der Waals surface area contributed by atoms with Crippen LogP contribution in [0.15, 0.2) is 48.5 Å². The summed E-state index contributed by atoms with van der Waals surface area (Å²) >= 11 is 11.2. The summed E-state index contributed by atoms with van der Waals surface area (Å²) in [5.41, 5.74) is 1.95. The van der Waals surface area contributed by atoms with Crippen LogP contribution in [-0.4, -0.2) is 12.2 Å². The van der Waals surface area contributed by atoms with Crippen molar-refractivity contribution in [2.45, 2.75) is 13.0 Å². The first kappa shape index (κ1) is 15.6. The number of thiocarbonyl (C=S) groups is 1. The number of methoxy groups -OCH3 is 1. The van der Waals surface area contributed by atoms with Crippen LogP contribution in [-0.2, 0) is 0 Å². The second-order valence-electron chi connectivity index (χ2n) is 4.57. The fourth-order valence-corrected chi connectivity index (χ4v) is 2.42. The summed E-state index contributed by atoms with van der Waals surface area (Å²) < 4.78 is 5.36. The first-order chi connectivity index (χ1) is 10.1. The molecule has 0 saturated carbocycles. The van der Waals surface area contributed by atoms with E-state index in [0.717, 1.165) is 17.0 Å². The molecule has 110 valence electrons. The normalized spacial score (nSPS) is 11.6. The van der Waals surface area contributed by atoms with Crippen LogP contribution in [0.2, 0.25) is 5.02 Å². The van der Waals surface area contributed by atoms with Gasteiger partial charge in [-0.3, -0.25) is 0 Å². The molecule has 0 saturated heterocycles. The highest BCUT2D eigenvalue weighted by Crippen LogP contribution is 2.24. The highest BCUT2D eigenvalue weighted by Gasteiger charge is 2.11. The molecule has 0 fully saturated rings. The lowest BCUT2D eigenvalue weighted by Crippen LogP contribution is -2.31. The largest absolute Gasteiger partial charge is 0.496 e. The lowest BCUT2D eigenvalue weighted by Gasteiger charge is -2.19. The Bertz CT molecular complexity index is 616. The lowest BCUT2D eigenvalue weighted by molar-refractivity contribution is 0.405. The van der Waals surface area contributed by atoms with Crippen molar-refractivity contribution in [1.82, 2.24) is 5.32 Å². The summed E-state index contributed by atoms with van der Waals surface area (Å²) in [6, 6.07) is 15.3. The van der Waals surface area contributed by atoms with Crippen LogP contribution in [0.3, 0.4) is 0 Å². The standard InChI is InChI=1S/C16H17ClN2OS/c1-11(14-5-3-4-6-15(14)20-2)18-16(21)19-13-9-7-12(17)8-10-13/h3-11H,1-2H3,(H2,18,19,21)/t11-/m1/s1. The zero-order chi connectivity index (χ0) is 15.2. The molecule has 2 aromatic rings. The summed E-state index contributed by atoms with van der Waals surface area (Å²) in [5.74, 6) is 0.840. The Morgan fingerprint density at radius 3 is 2.48 bits per heavy atom. The molecular formula is C16H17ClN2OS. The molecule has 0 aliphatic rings. The molecule has 2 N–H and O–H groups in total. The van der Waals surface area contributed by atoms with Crippen LogP contribution >= 0.6 is 23.8 Å². The number of halogens is 1. The molecule has 0 amide bonds. The second kappa shape index (κ2) is 7.29. The summed E-state index contributed by atoms with van der Waals surface area (Å²) in [7, 11) is 1.66. The minimum absolute atomic E-state index is 0.0356. The van der Waals surface area contributed by atoms with Crippen molar-refractivity contribution in [3.05, 3.63) is 59.1 Å². The van der Waals surface area contributed by atoms with E-state index < -0.39 is 0 Å². The van der Waals surface area contributed by atoms with Gasteiger partial charge in [-0.05, 0) is 49.5 Å². The molecule has 0 aliphatic heterocycles. The molecule has 0 heterocycles. The molecule has 0 aromatic heterocycles. The van der Waals surface area contributed by atoms with Gasteiger partial charge in [-0.15, -0.1) is 0 Å². The molecule has 5 heteroatoms. The van der Waals surface area contributed by atoms with Crippen LogP contribution < -0.4 is 15.4 Å². The average molecular weight is 321 g/mol. The monoisotopic (exact) mass is 320 g/mol. The maximum Gasteiger partial charge on any atom is 0.171 e. The average Bonchev–Trinajstić information content (AvgIpc) is 2.49. The third kappa shape index (κ3) is 4.34. The van der Waals surface area contributed by atoms with Gasteiger partial charge in [0.25, 0.3) is 0 Å². The third-order valence-corrected chi connectivity index (χ3v) is 3.53. The molecule has 0 bridgehead atoms. The fraction of sp³-hybridized carbons (Fsp3) is 0.188. The highest BCUT2D eigenvalue weighted by molar-refractivity contribution is 7.80. The van der Waals surface area contributed by atoms with Gasteiger partial charge >= 0.3 is 0 Å². The first-order valence-corrected chi connectivity index (χ1v) is 7.35. The van der Waals surface area contributed by atoms with Crippen LogP contribution in [0.4, 0.5) is 5.69 Å². The fourth-order valence-electron chi connectivity index (χ4n) is 2.00. The van der Waals surface area contributed by atoms with E-state index in [4.69, 9.17) is 28.6 Å². The van der Waals surface area contributed by atoms with E-state index in [2.05, 4.69) is 10.6 Å². The number of nitrogens with one attached hydrogen (secondary N) is 2. The Hall–Kier alpha value is -1.78. The van der Waals surface area contributed by atoms with Crippen LogP contribution in [0.1, 0.15) is 18.5 Å². The topological polar surface area (TPSA) is 33.3 Å². The molecule has 0 radical (unpaired) electrons. The van der Waals surface area contributed by atoms with Crippen molar-refractivity contribution in [3.8, 4) is 5.75 Å². The Morgan fingerprint density at radius 1 is 1.14 bits per heavy atom. The van der Waals surface area contributed by atoms with Gasteiger partial charge in [-0.1, -0.05) is 29.8 Å². The number of rotatable bonds is 4. The van der Waals surface area contributed by atoms with Crippen molar-refractivity contribution in [3.63, 3.8) is 0 Å². The van der Waals surface area contributed by atoms with Gasteiger partial charge in [-0.2, -0.15) is 0 Å². The van der Waals surface area contributed by atoms with Crippen molar-refractivity contribution >= 4 is 34.6 Å². The predicted molar refractivity (Wildman–Crippen MR) is 92.2 cm³/mol. The quantitative estimate of drug-likeness (QED) is 0.818. The molecule has 1 atom stereocenters. The van der Waals surface area contributed by atoms with Gasteiger partial charge in [0.05, 0.1) is 13.2 Å². The van der Waals surface area contributed by atoms with E-state index in [1.807, 2.05) is 55.5 Å². The maximum atomic E-state index is 5.86. The Labute approximate surface area is 135 Å². The smallest absolute Gasteiger partial charge is 0.171 e. The zero-order valence-corrected chi connectivity index (χ0v) is 13.5. The second-order valence-corrected chi connectivity index (χ2v) is 5.41. The van der Waals surface area contributed by atoms with Crippen molar-refractivity contribution in [2.75, 3.05) is 12.4 Å². The highest BCUT2D eigenvalue weighted by atomic mass is 35.5. The van der Waals surface area contributed by atoms with Crippen LogP contribution in [0.25, 0.3) is 0 Å². The van der Waals surface area contributed by atoms with Crippen LogP contribution in [0, 0.1) is 0 Å². The molecule has 2 aromatic carbocycles. The maximum absolute atomic E-state index is 5.86. The molecule has 0 spiro atoms. The van der Waals surface area contributed by atoms with Gasteiger partial charge in [0.2, 0.25) is 0 Å². The molecule has 0 unspecified atom stereocenters. The molecule has 2 rings (SSSR count). The Morgan fingerprint density at radius 2 is 1.81 bits per heavy atom. The van der Waals surface area contributed by atoms with E-state index >= 15 is 0 Å². The number of benzene rings is 2. The van der Waals surface area contributed by atoms with E-state index in [9.17, 15) is 0 Å². The third-order valence-electron chi connectivity index (χ3n) is 3.06. The minimum atomic E-state index is 0.0356. The number of hydrogen-bond acceptors (Lipinski definition) is 2. The number of hydrogen-bond donors (Lipinski definition) is 2. The molecular weight excluding hydrogens is 304 g/mol. The van der Waals surface area contributed by atoms with Gasteiger partial charge in [0, 0.05) is 16.3 Å². The molecule has 3 nitrogen and oxygen atoms in total. The summed E-state index contributed by atoms with van der Waals surface area (Å²) in [4.78, 5) is 0. The molecule has 21 heavy (non-hydrogen) atoms. The van der Waals surface area contributed by atoms with Crippen molar-refractivity contribution < 1.29 is 4.74 Å². The molecule has 0 aliphatic carbocycles. The van der Waals surface area contributed by atoms with Gasteiger partial charge in [-0.25, -0.2) is 0 Å². The van der Waals surface area contributed by atoms with Crippen LogP contribution in [0.5, 0.6) is 5.75 Å². The Kier molecular flexibility index (Phi) is 5.42. The SMILES string of the molecule is COc1ccccc1[C@@H](C)NC(=S)Nc1ccc(Cl)cc1. The minimum Gasteiger partial charge on any atom is -0.496 e. The number of anilines is 1. The van der Waals surface area contributed by atoms with Crippen molar-refractivity contribution in [1.29, 1.82) is 0 Å². The summed E-state index contributed by atoms with van der Waals surface area (Å²) in [6.07, 6.45) is 0. The first-order valence-electron chi connectivity index (χ1n) is 6.56. The zero-order valence-electron chi connectivity index (χ0n) is 11.9. The van der Waals surface area contributed by atoms with E-state index in [-0.39, 0.29) is 6.04 Å². The number of para-hydroxylation sites is 1. The van der Waals surface area contributed by atoms with E-state index in [1.165, 1.54) is 0 Å². The van der Waals surface area contributed by atoms with Gasteiger partial charge < -0.3 is 15.4 Å². The van der Waals surface area contributed by atoms with Crippen molar-refractivity contribution in [2.24, 2.45) is 0 Å². The number of ether oxygens (including phenoxy) is 1.